The Labute approximate surface area is 163 Å². The van der Waals surface area contributed by atoms with E-state index in [1.165, 1.54) is 12.3 Å². The average Bonchev–Trinajstić information content (AvgIpc) is 2.56. The van der Waals surface area contributed by atoms with Crippen molar-refractivity contribution in [3.05, 3.63) is 23.4 Å². The Balaban J connectivity index is 2.22. The molecule has 2 heterocycles. The van der Waals surface area contributed by atoms with E-state index in [0.717, 1.165) is 0 Å². The number of rotatable bonds is 4. The molecule has 29 heavy (non-hydrogen) atoms. The quantitative estimate of drug-likeness (QED) is 0.719. The maximum absolute atomic E-state index is 13.0. The molecule has 1 N–H and O–H groups in total. The van der Waals surface area contributed by atoms with Crippen molar-refractivity contribution in [2.75, 3.05) is 29.9 Å². The van der Waals surface area contributed by atoms with Crippen LogP contribution in [0.2, 0.25) is 0 Å². The number of nitrogens with one attached hydrogen (secondary N) is 1. The fourth-order valence-electron chi connectivity index (χ4n) is 2.61. The number of pyridine rings is 1. The van der Waals surface area contributed by atoms with Crippen LogP contribution in [0.5, 0.6) is 0 Å². The summed E-state index contributed by atoms with van der Waals surface area (Å²) >= 11 is 0. The van der Waals surface area contributed by atoms with Crippen LogP contribution in [0.4, 0.5) is 32.2 Å². The van der Waals surface area contributed by atoms with Crippen molar-refractivity contribution in [2.45, 2.75) is 32.7 Å². The first-order valence-corrected chi connectivity index (χ1v) is 10.2. The molecule has 1 aromatic rings. The minimum absolute atomic E-state index is 0.0454. The van der Waals surface area contributed by atoms with Crippen molar-refractivity contribution in [1.82, 2.24) is 9.88 Å². The summed E-state index contributed by atoms with van der Waals surface area (Å²) in [5, 5.41) is 1.61. The van der Waals surface area contributed by atoms with Gasteiger partial charge < -0.3 is 5.32 Å². The zero-order valence-electron chi connectivity index (χ0n) is 15.5. The first kappa shape index (κ1) is 23.4. The van der Waals surface area contributed by atoms with E-state index in [0.29, 0.717) is 11.1 Å². The lowest BCUT2D eigenvalue weighted by Gasteiger charge is -2.32. The Kier molecular flexibility index (Phi) is 6.25. The third kappa shape index (κ3) is 5.00. The zero-order chi connectivity index (χ0) is 22.3. The number of aryl methyl sites for hydroxylation is 1. The summed E-state index contributed by atoms with van der Waals surface area (Å²) in [6, 6.07) is 1.18. The molecule has 0 spiro atoms. The highest BCUT2D eigenvalue weighted by atomic mass is 32.2. The van der Waals surface area contributed by atoms with E-state index in [1.54, 1.807) is 17.1 Å². The van der Waals surface area contributed by atoms with Crippen LogP contribution in [0.3, 0.4) is 0 Å². The van der Waals surface area contributed by atoms with E-state index in [2.05, 4.69) is 4.98 Å². The first-order chi connectivity index (χ1) is 13.1. The number of nitrogens with zero attached hydrogens (tertiary/aromatic N) is 2. The van der Waals surface area contributed by atoms with Gasteiger partial charge in [-0.05, 0) is 31.0 Å². The van der Waals surface area contributed by atoms with Gasteiger partial charge in [-0.25, -0.2) is 13.4 Å². The molecule has 0 unspecified atom stereocenters. The summed E-state index contributed by atoms with van der Waals surface area (Å²) in [5.41, 5.74) is -3.52. The molecule has 13 heteroatoms. The summed E-state index contributed by atoms with van der Waals surface area (Å²) in [6.45, 7) is 2.09. The second-order valence-corrected chi connectivity index (χ2v) is 9.30. The lowest BCUT2D eigenvalue weighted by molar-refractivity contribution is -0.317. The van der Waals surface area contributed by atoms with Gasteiger partial charge in [-0.2, -0.15) is 26.3 Å². The van der Waals surface area contributed by atoms with E-state index < -0.39 is 39.3 Å². The van der Waals surface area contributed by atoms with Crippen molar-refractivity contribution in [3.8, 4) is 0 Å². The molecule has 1 saturated heterocycles. The monoisotopic (exact) mass is 447 g/mol. The largest absolute Gasteiger partial charge is 0.411 e. The smallest absolute Gasteiger partial charge is 0.310 e. The SMILES string of the molecule is Cc1cnc(NC(=O)C(C)(C(F)(F)F)C(F)(F)F)cc1CN1CCS(=O)(=O)CC1. The Morgan fingerprint density at radius 2 is 1.66 bits per heavy atom. The Morgan fingerprint density at radius 1 is 1.14 bits per heavy atom. The lowest BCUT2D eigenvalue weighted by Crippen LogP contribution is -2.55. The molecule has 0 atom stereocenters. The second-order valence-electron chi connectivity index (χ2n) is 7.00. The van der Waals surface area contributed by atoms with Crippen molar-refractivity contribution < 1.29 is 39.6 Å². The third-order valence-electron chi connectivity index (χ3n) is 4.88. The molecule has 0 saturated carbocycles. The van der Waals surface area contributed by atoms with E-state index in [9.17, 15) is 39.6 Å². The lowest BCUT2D eigenvalue weighted by atomic mass is 9.87. The van der Waals surface area contributed by atoms with Crippen LogP contribution in [0.25, 0.3) is 0 Å². The maximum Gasteiger partial charge on any atom is 0.411 e. The molecule has 1 aliphatic rings. The molecule has 1 aliphatic heterocycles. The Morgan fingerprint density at radius 3 is 2.14 bits per heavy atom. The predicted molar refractivity (Wildman–Crippen MR) is 91.8 cm³/mol. The van der Waals surface area contributed by atoms with Gasteiger partial charge in [-0.3, -0.25) is 9.69 Å². The van der Waals surface area contributed by atoms with Gasteiger partial charge in [0, 0.05) is 25.8 Å². The molecule has 1 amide bonds. The van der Waals surface area contributed by atoms with Gasteiger partial charge >= 0.3 is 12.4 Å². The zero-order valence-corrected chi connectivity index (χ0v) is 16.3. The summed E-state index contributed by atoms with van der Waals surface area (Å²) in [4.78, 5) is 17.4. The number of halogens is 6. The highest BCUT2D eigenvalue weighted by Gasteiger charge is 2.72. The Bertz CT molecular complexity index is 855. The fraction of sp³-hybridized carbons (Fsp3) is 0.625. The molecule has 0 bridgehead atoms. The molecule has 0 aliphatic carbocycles. The maximum atomic E-state index is 13.0. The number of hydrogen-bond donors (Lipinski definition) is 1. The van der Waals surface area contributed by atoms with Crippen molar-refractivity contribution in [3.63, 3.8) is 0 Å². The number of amides is 1. The first-order valence-electron chi connectivity index (χ1n) is 8.40. The number of hydrogen-bond acceptors (Lipinski definition) is 5. The van der Waals surface area contributed by atoms with Crippen LogP contribution in [0.1, 0.15) is 18.1 Å². The molecule has 6 nitrogen and oxygen atoms in total. The van der Waals surface area contributed by atoms with E-state index >= 15 is 0 Å². The summed E-state index contributed by atoms with van der Waals surface area (Å²) in [6.07, 6.45) is -10.5. The molecule has 0 aromatic carbocycles. The summed E-state index contributed by atoms with van der Waals surface area (Å²) in [5.74, 6) is -2.84. The van der Waals surface area contributed by atoms with E-state index in [-0.39, 0.29) is 38.1 Å². The third-order valence-corrected chi connectivity index (χ3v) is 6.48. The molecular weight excluding hydrogens is 428 g/mol. The number of carbonyl (C=O) groups excluding carboxylic acids is 1. The number of alkyl halides is 6. The number of sulfone groups is 1. The van der Waals surface area contributed by atoms with E-state index in [4.69, 9.17) is 0 Å². The molecule has 1 fully saturated rings. The van der Waals surface area contributed by atoms with Crippen LogP contribution in [0, 0.1) is 12.3 Å². The van der Waals surface area contributed by atoms with Crippen molar-refractivity contribution in [2.24, 2.45) is 5.41 Å². The van der Waals surface area contributed by atoms with Crippen molar-refractivity contribution in [1.29, 1.82) is 0 Å². The highest BCUT2D eigenvalue weighted by Crippen LogP contribution is 2.50. The van der Waals surface area contributed by atoms with Gasteiger partial charge in [0.05, 0.1) is 11.5 Å². The van der Waals surface area contributed by atoms with Crippen molar-refractivity contribution >= 4 is 21.6 Å². The standard InChI is InChI=1S/C16H19F6N3O3S/c1-10-8-23-12(7-11(10)9-25-3-5-29(27,28)6-4-25)24-13(26)14(2,15(17,18)19)16(20,21)22/h7-8H,3-6,9H2,1-2H3,(H,23,24,26). The highest BCUT2D eigenvalue weighted by molar-refractivity contribution is 7.91. The predicted octanol–water partition coefficient (Wildman–Crippen LogP) is 2.69. The minimum atomic E-state index is -5.86. The minimum Gasteiger partial charge on any atom is -0.310 e. The molecule has 1 aromatic heterocycles. The van der Waals surface area contributed by atoms with Crippen LogP contribution >= 0.6 is 0 Å². The van der Waals surface area contributed by atoms with Gasteiger partial charge in [0.25, 0.3) is 0 Å². The van der Waals surface area contributed by atoms with Gasteiger partial charge in [0.15, 0.2) is 9.84 Å². The summed E-state index contributed by atoms with van der Waals surface area (Å²) < 4.78 is 101. The average molecular weight is 447 g/mol. The van der Waals surface area contributed by atoms with E-state index in [1.807, 2.05) is 0 Å². The number of anilines is 1. The normalized spacial score (nSPS) is 18.5. The van der Waals surface area contributed by atoms with Crippen LogP contribution < -0.4 is 5.32 Å². The van der Waals surface area contributed by atoms with Gasteiger partial charge in [0.2, 0.25) is 11.3 Å². The van der Waals surface area contributed by atoms with Crippen LogP contribution in [0.15, 0.2) is 12.3 Å². The van der Waals surface area contributed by atoms with Gasteiger partial charge in [0.1, 0.15) is 5.82 Å². The van der Waals surface area contributed by atoms with Gasteiger partial charge in [-0.1, -0.05) is 0 Å². The number of carbonyl (C=O) groups is 1. The fourth-order valence-corrected chi connectivity index (χ4v) is 3.89. The van der Waals surface area contributed by atoms with Crippen LogP contribution in [-0.4, -0.2) is 61.2 Å². The molecule has 0 radical (unpaired) electrons. The molecule has 2 rings (SSSR count). The van der Waals surface area contributed by atoms with Crippen LogP contribution in [-0.2, 0) is 21.2 Å². The molecular formula is C16H19F6N3O3S. The molecule has 164 valence electrons. The summed E-state index contributed by atoms with van der Waals surface area (Å²) in [7, 11) is -3.11. The Hall–Kier alpha value is -1.89. The van der Waals surface area contributed by atoms with Gasteiger partial charge in [-0.15, -0.1) is 0 Å². The number of aromatic nitrogens is 1. The second kappa shape index (κ2) is 7.74. The topological polar surface area (TPSA) is 79.4 Å².